The normalized spacial score (nSPS) is 19.4. The molecule has 0 bridgehead atoms. The van der Waals surface area contributed by atoms with E-state index < -0.39 is 0 Å². The largest absolute Gasteiger partial charge is 0.368 e. The predicted octanol–water partition coefficient (Wildman–Crippen LogP) is 4.57. The summed E-state index contributed by atoms with van der Waals surface area (Å²) in [6.07, 6.45) is 0. The molecule has 0 spiro atoms. The molecular formula is C13H17BrClNS. The van der Waals surface area contributed by atoms with E-state index in [1.54, 1.807) is 0 Å². The zero-order valence-corrected chi connectivity index (χ0v) is 13.3. The third kappa shape index (κ3) is 3.12. The lowest BCUT2D eigenvalue weighted by Crippen LogP contribution is -2.43. The Kier molecular flexibility index (Phi) is 4.32. The van der Waals surface area contributed by atoms with Crippen LogP contribution < -0.4 is 4.90 Å². The quantitative estimate of drug-likeness (QED) is 0.729. The first kappa shape index (κ1) is 13.6. The van der Waals surface area contributed by atoms with E-state index in [9.17, 15) is 0 Å². The van der Waals surface area contributed by atoms with Gasteiger partial charge >= 0.3 is 0 Å². The van der Waals surface area contributed by atoms with Crippen LogP contribution in [0.25, 0.3) is 0 Å². The lowest BCUT2D eigenvalue weighted by Gasteiger charge is -2.40. The summed E-state index contributed by atoms with van der Waals surface area (Å²) in [5, 5.41) is 1.72. The predicted molar refractivity (Wildman–Crippen MR) is 82.8 cm³/mol. The van der Waals surface area contributed by atoms with Crippen molar-refractivity contribution in [1.82, 2.24) is 0 Å². The molecule has 94 valence electrons. The van der Waals surface area contributed by atoms with Gasteiger partial charge in [-0.25, -0.2) is 0 Å². The number of benzene rings is 1. The van der Waals surface area contributed by atoms with Crippen molar-refractivity contribution in [3.63, 3.8) is 0 Å². The van der Waals surface area contributed by atoms with Gasteiger partial charge in [0.25, 0.3) is 0 Å². The summed E-state index contributed by atoms with van der Waals surface area (Å²) >= 11 is 12.0. The van der Waals surface area contributed by atoms with E-state index in [1.807, 2.05) is 23.9 Å². The molecule has 2 rings (SSSR count). The van der Waals surface area contributed by atoms with Gasteiger partial charge in [-0.15, -0.1) is 0 Å². The average Bonchev–Trinajstić information content (AvgIpc) is 2.27. The number of nitrogens with zero attached hydrogens (tertiary/aromatic N) is 1. The number of alkyl halides is 1. The van der Waals surface area contributed by atoms with Crippen LogP contribution in [0.1, 0.15) is 19.4 Å². The molecule has 1 aliphatic heterocycles. The van der Waals surface area contributed by atoms with Crippen LogP contribution in [0.15, 0.2) is 18.2 Å². The van der Waals surface area contributed by atoms with E-state index >= 15 is 0 Å². The first-order valence-corrected chi connectivity index (χ1v) is 8.24. The highest BCUT2D eigenvalue weighted by Gasteiger charge is 2.28. The van der Waals surface area contributed by atoms with E-state index in [4.69, 9.17) is 11.6 Å². The Morgan fingerprint density at radius 2 is 2.24 bits per heavy atom. The molecule has 4 heteroatoms. The van der Waals surface area contributed by atoms with Gasteiger partial charge in [-0.1, -0.05) is 39.7 Å². The minimum atomic E-state index is 0.307. The van der Waals surface area contributed by atoms with Crippen molar-refractivity contribution in [2.75, 3.05) is 23.7 Å². The van der Waals surface area contributed by atoms with Crippen LogP contribution in [-0.4, -0.2) is 23.6 Å². The van der Waals surface area contributed by atoms with Gasteiger partial charge < -0.3 is 4.90 Å². The van der Waals surface area contributed by atoms with Crippen LogP contribution in [0.3, 0.4) is 0 Å². The SMILES string of the molecule is CC1(C)CN(c2c(Cl)cccc2CBr)CCS1. The average molecular weight is 335 g/mol. The fourth-order valence-electron chi connectivity index (χ4n) is 2.23. The second-order valence-corrected chi connectivity index (χ2v) is 7.68. The van der Waals surface area contributed by atoms with Crippen molar-refractivity contribution in [3.8, 4) is 0 Å². The van der Waals surface area contributed by atoms with Gasteiger partial charge in [-0.3, -0.25) is 0 Å². The molecule has 0 amide bonds. The molecule has 0 atom stereocenters. The minimum Gasteiger partial charge on any atom is -0.368 e. The van der Waals surface area contributed by atoms with Crippen molar-refractivity contribution in [3.05, 3.63) is 28.8 Å². The Labute approximate surface area is 121 Å². The molecule has 0 radical (unpaired) electrons. The molecule has 1 heterocycles. The zero-order valence-electron chi connectivity index (χ0n) is 10.2. The van der Waals surface area contributed by atoms with Crippen molar-refractivity contribution < 1.29 is 0 Å². The van der Waals surface area contributed by atoms with E-state index in [1.165, 1.54) is 17.0 Å². The standard InChI is InChI=1S/C13H17BrClNS/c1-13(2)9-16(6-7-17-13)12-10(8-14)4-3-5-11(12)15/h3-5H,6-9H2,1-2H3. The highest BCUT2D eigenvalue weighted by Crippen LogP contribution is 2.37. The molecule has 1 aromatic rings. The van der Waals surface area contributed by atoms with Crippen LogP contribution in [0.5, 0.6) is 0 Å². The molecule has 0 saturated carbocycles. The topological polar surface area (TPSA) is 3.24 Å². The van der Waals surface area contributed by atoms with E-state index in [-0.39, 0.29) is 0 Å². The fourth-order valence-corrected chi connectivity index (χ4v) is 4.11. The van der Waals surface area contributed by atoms with Gasteiger partial charge in [0.05, 0.1) is 10.7 Å². The maximum atomic E-state index is 6.37. The lowest BCUT2D eigenvalue weighted by molar-refractivity contribution is 0.646. The second kappa shape index (κ2) is 5.41. The Morgan fingerprint density at radius 1 is 1.47 bits per heavy atom. The molecule has 1 fully saturated rings. The third-order valence-electron chi connectivity index (χ3n) is 2.96. The number of hydrogen-bond donors (Lipinski definition) is 0. The summed E-state index contributed by atoms with van der Waals surface area (Å²) in [6.45, 7) is 6.74. The highest BCUT2D eigenvalue weighted by atomic mass is 79.9. The maximum Gasteiger partial charge on any atom is 0.0642 e. The van der Waals surface area contributed by atoms with Gasteiger partial charge in [0.1, 0.15) is 0 Å². The Balaban J connectivity index is 2.33. The van der Waals surface area contributed by atoms with Gasteiger partial charge in [0.15, 0.2) is 0 Å². The zero-order chi connectivity index (χ0) is 12.5. The van der Waals surface area contributed by atoms with Crippen LogP contribution in [0.4, 0.5) is 5.69 Å². The summed E-state index contributed by atoms with van der Waals surface area (Å²) in [5.74, 6) is 1.17. The third-order valence-corrected chi connectivity index (χ3v) is 5.16. The molecule has 0 aromatic heterocycles. The number of rotatable bonds is 2. The molecule has 1 nitrogen and oxygen atoms in total. The van der Waals surface area contributed by atoms with Gasteiger partial charge in [-0.2, -0.15) is 11.8 Å². The number of hydrogen-bond acceptors (Lipinski definition) is 2. The molecule has 0 N–H and O–H groups in total. The summed E-state index contributed by atoms with van der Waals surface area (Å²) < 4.78 is 0.307. The summed E-state index contributed by atoms with van der Waals surface area (Å²) in [7, 11) is 0. The molecule has 1 aromatic carbocycles. The molecule has 1 saturated heterocycles. The highest BCUT2D eigenvalue weighted by molar-refractivity contribution is 9.08. The van der Waals surface area contributed by atoms with Crippen LogP contribution in [0.2, 0.25) is 5.02 Å². The van der Waals surface area contributed by atoms with Crippen molar-refractivity contribution in [2.45, 2.75) is 23.9 Å². The van der Waals surface area contributed by atoms with Crippen molar-refractivity contribution >= 4 is 45.0 Å². The lowest BCUT2D eigenvalue weighted by atomic mass is 10.1. The van der Waals surface area contributed by atoms with Gasteiger partial charge in [0, 0.05) is 28.9 Å². The van der Waals surface area contributed by atoms with Crippen LogP contribution in [0, 0.1) is 0 Å². The number of anilines is 1. The molecular weight excluding hydrogens is 318 g/mol. The number of para-hydroxylation sites is 1. The summed E-state index contributed by atoms with van der Waals surface area (Å²) in [4.78, 5) is 2.43. The molecule has 17 heavy (non-hydrogen) atoms. The Bertz CT molecular complexity index is 408. The Morgan fingerprint density at radius 3 is 2.88 bits per heavy atom. The smallest absolute Gasteiger partial charge is 0.0642 e. The monoisotopic (exact) mass is 333 g/mol. The van der Waals surface area contributed by atoms with Gasteiger partial charge in [-0.05, 0) is 25.5 Å². The van der Waals surface area contributed by atoms with E-state index in [0.717, 1.165) is 23.4 Å². The first-order valence-electron chi connectivity index (χ1n) is 5.76. The number of halogens is 2. The van der Waals surface area contributed by atoms with Crippen LogP contribution in [-0.2, 0) is 5.33 Å². The minimum absolute atomic E-state index is 0.307. The van der Waals surface area contributed by atoms with E-state index in [0.29, 0.717) is 4.75 Å². The Hall–Kier alpha value is 0.140. The number of thioether (sulfide) groups is 1. The first-order chi connectivity index (χ1) is 8.03. The maximum absolute atomic E-state index is 6.37. The molecule has 0 aliphatic carbocycles. The van der Waals surface area contributed by atoms with Crippen molar-refractivity contribution in [1.29, 1.82) is 0 Å². The summed E-state index contributed by atoms with van der Waals surface area (Å²) in [6, 6.07) is 6.15. The van der Waals surface area contributed by atoms with Crippen LogP contribution >= 0.6 is 39.3 Å². The van der Waals surface area contributed by atoms with Gasteiger partial charge in [0.2, 0.25) is 0 Å². The molecule has 1 aliphatic rings. The second-order valence-electron chi connectivity index (χ2n) is 4.91. The fraction of sp³-hybridized carbons (Fsp3) is 0.538. The van der Waals surface area contributed by atoms with E-state index in [2.05, 4.69) is 40.7 Å². The summed E-state index contributed by atoms with van der Waals surface area (Å²) in [5.41, 5.74) is 2.49. The molecule has 0 unspecified atom stereocenters. The van der Waals surface area contributed by atoms with Crippen molar-refractivity contribution in [2.24, 2.45) is 0 Å².